The number of rotatable bonds is 5. The summed E-state index contributed by atoms with van der Waals surface area (Å²) in [5.41, 5.74) is 0.147. The SMILES string of the molecule is O=c1ccc(C(F)(F)F)cn1Cc1ccc(NCCO)cc1. The number of nitrogens with one attached hydrogen (secondary N) is 1. The largest absolute Gasteiger partial charge is 0.417 e. The quantitative estimate of drug-likeness (QED) is 0.891. The number of aromatic nitrogens is 1. The van der Waals surface area contributed by atoms with E-state index in [0.29, 0.717) is 12.1 Å². The van der Waals surface area contributed by atoms with Crippen molar-refractivity contribution in [3.05, 3.63) is 64.1 Å². The fourth-order valence-corrected chi connectivity index (χ4v) is 1.95. The summed E-state index contributed by atoms with van der Waals surface area (Å²) in [6, 6.07) is 8.60. The van der Waals surface area contributed by atoms with Crippen LogP contribution in [0.4, 0.5) is 18.9 Å². The molecule has 0 bridgehead atoms. The molecule has 0 amide bonds. The Morgan fingerprint density at radius 1 is 1.09 bits per heavy atom. The third-order valence-corrected chi connectivity index (χ3v) is 3.06. The van der Waals surface area contributed by atoms with E-state index in [0.717, 1.165) is 28.6 Å². The Kier molecular flexibility index (Phi) is 4.87. The molecule has 2 aromatic rings. The number of aliphatic hydroxyl groups excluding tert-OH is 1. The number of benzene rings is 1. The van der Waals surface area contributed by atoms with E-state index in [1.807, 2.05) is 0 Å². The zero-order valence-corrected chi connectivity index (χ0v) is 11.6. The van der Waals surface area contributed by atoms with E-state index in [1.54, 1.807) is 24.3 Å². The van der Waals surface area contributed by atoms with Crippen molar-refractivity contribution in [2.75, 3.05) is 18.5 Å². The number of anilines is 1. The summed E-state index contributed by atoms with van der Waals surface area (Å²) in [5.74, 6) is 0. The maximum absolute atomic E-state index is 12.7. The molecular weight excluding hydrogens is 297 g/mol. The van der Waals surface area contributed by atoms with E-state index in [9.17, 15) is 18.0 Å². The van der Waals surface area contributed by atoms with Crippen molar-refractivity contribution in [3.8, 4) is 0 Å². The van der Waals surface area contributed by atoms with E-state index in [1.165, 1.54) is 0 Å². The molecule has 0 fully saturated rings. The lowest BCUT2D eigenvalue weighted by atomic mass is 10.2. The highest BCUT2D eigenvalue weighted by Gasteiger charge is 2.30. The van der Waals surface area contributed by atoms with Crippen LogP contribution in [0.2, 0.25) is 0 Å². The minimum Gasteiger partial charge on any atom is -0.395 e. The lowest BCUT2D eigenvalue weighted by Crippen LogP contribution is -2.21. The molecule has 0 saturated heterocycles. The minimum absolute atomic E-state index is 0.00137. The molecule has 1 aromatic carbocycles. The summed E-state index contributed by atoms with van der Waals surface area (Å²) in [5, 5.41) is 11.7. The van der Waals surface area contributed by atoms with Gasteiger partial charge >= 0.3 is 6.18 Å². The van der Waals surface area contributed by atoms with Crippen molar-refractivity contribution >= 4 is 5.69 Å². The zero-order valence-electron chi connectivity index (χ0n) is 11.6. The molecule has 0 radical (unpaired) electrons. The van der Waals surface area contributed by atoms with Crippen LogP contribution in [0.5, 0.6) is 0 Å². The Balaban J connectivity index is 2.18. The Labute approximate surface area is 124 Å². The second kappa shape index (κ2) is 6.65. The van der Waals surface area contributed by atoms with Crippen molar-refractivity contribution < 1.29 is 18.3 Å². The maximum Gasteiger partial charge on any atom is 0.417 e. The molecule has 0 saturated carbocycles. The van der Waals surface area contributed by atoms with Gasteiger partial charge < -0.3 is 15.0 Å². The van der Waals surface area contributed by atoms with E-state index in [4.69, 9.17) is 5.11 Å². The van der Waals surface area contributed by atoms with Gasteiger partial charge in [0.05, 0.1) is 18.7 Å². The minimum atomic E-state index is -4.48. The number of hydrogen-bond acceptors (Lipinski definition) is 3. The lowest BCUT2D eigenvalue weighted by molar-refractivity contribution is -0.138. The van der Waals surface area contributed by atoms with Crippen molar-refractivity contribution in [3.63, 3.8) is 0 Å². The zero-order chi connectivity index (χ0) is 16.2. The average Bonchev–Trinajstić information content (AvgIpc) is 2.47. The van der Waals surface area contributed by atoms with Crippen LogP contribution in [0.15, 0.2) is 47.4 Å². The Morgan fingerprint density at radius 3 is 2.36 bits per heavy atom. The topological polar surface area (TPSA) is 54.3 Å². The maximum atomic E-state index is 12.7. The van der Waals surface area contributed by atoms with Crippen LogP contribution in [-0.4, -0.2) is 22.8 Å². The van der Waals surface area contributed by atoms with Gasteiger partial charge in [-0.15, -0.1) is 0 Å². The molecular formula is C15H15F3N2O2. The average molecular weight is 312 g/mol. The van der Waals surface area contributed by atoms with E-state index in [-0.39, 0.29) is 13.2 Å². The van der Waals surface area contributed by atoms with Crippen LogP contribution in [0.25, 0.3) is 0 Å². The summed E-state index contributed by atoms with van der Waals surface area (Å²) in [7, 11) is 0. The smallest absolute Gasteiger partial charge is 0.395 e. The third-order valence-electron chi connectivity index (χ3n) is 3.06. The van der Waals surface area contributed by atoms with E-state index < -0.39 is 17.3 Å². The van der Waals surface area contributed by atoms with Crippen molar-refractivity contribution in [2.45, 2.75) is 12.7 Å². The van der Waals surface area contributed by atoms with Crippen LogP contribution in [-0.2, 0) is 12.7 Å². The molecule has 0 aliphatic rings. The molecule has 2 N–H and O–H groups in total. The summed E-state index contributed by atoms with van der Waals surface area (Å²) in [6.45, 7) is 0.469. The monoisotopic (exact) mass is 312 g/mol. The molecule has 4 nitrogen and oxygen atoms in total. The molecule has 2 rings (SSSR count). The van der Waals surface area contributed by atoms with Gasteiger partial charge in [-0.2, -0.15) is 13.2 Å². The van der Waals surface area contributed by atoms with Crippen LogP contribution in [0.1, 0.15) is 11.1 Å². The fraction of sp³-hybridized carbons (Fsp3) is 0.267. The number of aliphatic hydroxyl groups is 1. The van der Waals surface area contributed by atoms with Gasteiger partial charge in [0.15, 0.2) is 0 Å². The predicted octanol–water partition coefficient (Wildman–Crippen LogP) is 2.32. The summed E-state index contributed by atoms with van der Waals surface area (Å²) < 4.78 is 39.0. The second-order valence-electron chi connectivity index (χ2n) is 4.73. The molecule has 0 aliphatic carbocycles. The van der Waals surface area contributed by atoms with Crippen LogP contribution in [0.3, 0.4) is 0 Å². The van der Waals surface area contributed by atoms with Crippen molar-refractivity contribution in [1.29, 1.82) is 0 Å². The van der Waals surface area contributed by atoms with E-state index in [2.05, 4.69) is 5.32 Å². The Morgan fingerprint density at radius 2 is 1.77 bits per heavy atom. The van der Waals surface area contributed by atoms with E-state index >= 15 is 0 Å². The summed E-state index contributed by atoms with van der Waals surface area (Å²) >= 11 is 0. The first-order valence-corrected chi connectivity index (χ1v) is 6.61. The van der Waals surface area contributed by atoms with Crippen molar-refractivity contribution in [1.82, 2.24) is 4.57 Å². The van der Waals surface area contributed by atoms with Gasteiger partial charge in [-0.1, -0.05) is 12.1 Å². The van der Waals surface area contributed by atoms with Crippen molar-refractivity contribution in [2.24, 2.45) is 0 Å². The number of halogens is 3. The first-order valence-electron chi connectivity index (χ1n) is 6.61. The van der Waals surface area contributed by atoms with Gasteiger partial charge in [-0.3, -0.25) is 4.79 Å². The number of nitrogens with zero attached hydrogens (tertiary/aromatic N) is 1. The molecule has 1 heterocycles. The lowest BCUT2D eigenvalue weighted by Gasteiger charge is -2.11. The van der Waals surface area contributed by atoms with Crippen LogP contribution < -0.4 is 10.9 Å². The number of pyridine rings is 1. The second-order valence-corrected chi connectivity index (χ2v) is 4.73. The molecule has 7 heteroatoms. The number of alkyl halides is 3. The summed E-state index contributed by atoms with van der Waals surface area (Å²) in [6.07, 6.45) is -3.66. The first-order chi connectivity index (χ1) is 10.4. The summed E-state index contributed by atoms with van der Waals surface area (Å²) in [4.78, 5) is 11.7. The molecule has 0 aliphatic heterocycles. The third kappa shape index (κ3) is 4.11. The first kappa shape index (κ1) is 16.1. The molecule has 118 valence electrons. The number of hydrogen-bond donors (Lipinski definition) is 2. The molecule has 0 spiro atoms. The van der Waals surface area contributed by atoms with Gasteiger partial charge in [0, 0.05) is 24.5 Å². The standard InChI is InChI=1S/C15H15F3N2O2/c16-15(17,18)12-3-6-14(22)20(10-12)9-11-1-4-13(5-2-11)19-7-8-21/h1-6,10,19,21H,7-9H2. The molecule has 0 unspecified atom stereocenters. The van der Waals surface area contributed by atoms with Crippen LogP contribution in [0, 0.1) is 0 Å². The Bertz CT molecular complexity index is 678. The highest BCUT2D eigenvalue weighted by atomic mass is 19.4. The molecule has 22 heavy (non-hydrogen) atoms. The van der Waals surface area contributed by atoms with Gasteiger partial charge in [0.1, 0.15) is 0 Å². The Hall–Kier alpha value is -2.28. The van der Waals surface area contributed by atoms with Gasteiger partial charge in [-0.05, 0) is 23.8 Å². The van der Waals surface area contributed by atoms with Gasteiger partial charge in [0.2, 0.25) is 0 Å². The molecule has 0 atom stereocenters. The van der Waals surface area contributed by atoms with Gasteiger partial charge in [0.25, 0.3) is 5.56 Å². The fourth-order valence-electron chi connectivity index (χ4n) is 1.95. The normalized spacial score (nSPS) is 11.5. The molecule has 1 aromatic heterocycles. The highest BCUT2D eigenvalue weighted by Crippen LogP contribution is 2.28. The van der Waals surface area contributed by atoms with Crippen LogP contribution >= 0.6 is 0 Å². The predicted molar refractivity (Wildman–Crippen MR) is 76.8 cm³/mol. The highest BCUT2D eigenvalue weighted by molar-refractivity contribution is 5.44. The van der Waals surface area contributed by atoms with Gasteiger partial charge in [-0.25, -0.2) is 0 Å².